The Kier molecular flexibility index (Phi) is 10.8. The van der Waals surface area contributed by atoms with Crippen molar-refractivity contribution in [1.82, 2.24) is 0 Å². The molecule has 0 rings (SSSR count). The van der Waals surface area contributed by atoms with Crippen molar-refractivity contribution in [2.75, 3.05) is 0 Å². The molecule has 0 amide bonds. The Morgan fingerprint density at radius 2 is 1.56 bits per heavy atom. The maximum atomic E-state index is 6.68. The molecule has 2 nitrogen and oxygen atoms in total. The summed E-state index contributed by atoms with van der Waals surface area (Å²) < 4.78 is 13.0. The molecular formula is C22H41BrO2Si2. The van der Waals surface area contributed by atoms with Gasteiger partial charge in [0, 0.05) is 0 Å². The van der Waals surface area contributed by atoms with Gasteiger partial charge in [-0.05, 0) is 81.6 Å². The molecule has 0 aliphatic rings. The monoisotopic (exact) mass is 472 g/mol. The second-order valence-electron chi connectivity index (χ2n) is 9.89. The lowest BCUT2D eigenvalue weighted by Gasteiger charge is -2.38. The highest BCUT2D eigenvalue weighted by molar-refractivity contribution is 9.11. The number of rotatable bonds is 9. The van der Waals surface area contributed by atoms with E-state index in [-0.39, 0.29) is 11.1 Å². The molecule has 0 aliphatic heterocycles. The van der Waals surface area contributed by atoms with Crippen LogP contribution in [-0.2, 0) is 8.85 Å². The summed E-state index contributed by atoms with van der Waals surface area (Å²) in [6.07, 6.45) is 9.33. The molecule has 0 unspecified atom stereocenters. The molecule has 1 atom stereocenters. The first-order chi connectivity index (χ1) is 12.1. The van der Waals surface area contributed by atoms with Crippen molar-refractivity contribution in [2.24, 2.45) is 0 Å². The lowest BCUT2D eigenvalue weighted by Crippen LogP contribution is -2.43. The Bertz CT molecular complexity index is 584. The van der Waals surface area contributed by atoms with Crippen LogP contribution >= 0.6 is 15.9 Å². The van der Waals surface area contributed by atoms with Gasteiger partial charge in [-0.2, -0.15) is 0 Å². The zero-order valence-corrected chi connectivity index (χ0v) is 23.0. The molecule has 5 heteroatoms. The minimum atomic E-state index is -1.85. The van der Waals surface area contributed by atoms with Gasteiger partial charge in [0.05, 0.1) is 6.10 Å². The second kappa shape index (κ2) is 11.0. The Morgan fingerprint density at radius 3 is 1.96 bits per heavy atom. The van der Waals surface area contributed by atoms with Crippen LogP contribution < -0.4 is 0 Å². The largest absolute Gasteiger partial charge is 0.544 e. The van der Waals surface area contributed by atoms with Crippen molar-refractivity contribution in [2.45, 2.75) is 91.8 Å². The molecule has 0 heterocycles. The summed E-state index contributed by atoms with van der Waals surface area (Å²) in [5.74, 6) is 1.02. The van der Waals surface area contributed by atoms with E-state index < -0.39 is 16.6 Å². The fraction of sp³-hybridized carbons (Fsp3) is 0.636. The second-order valence-corrected chi connectivity index (χ2v) is 19.6. The lowest BCUT2D eigenvalue weighted by molar-refractivity contribution is 0.225. The topological polar surface area (TPSA) is 18.5 Å². The summed E-state index contributed by atoms with van der Waals surface area (Å²) in [6.45, 7) is 24.5. The normalized spacial score (nSPS) is 15.5. The fourth-order valence-corrected chi connectivity index (χ4v) is 4.51. The van der Waals surface area contributed by atoms with E-state index in [9.17, 15) is 0 Å². The Labute approximate surface area is 179 Å². The molecule has 0 aromatic heterocycles. The molecule has 27 heavy (non-hydrogen) atoms. The van der Waals surface area contributed by atoms with Crippen LogP contribution in [0.25, 0.3) is 0 Å². The molecule has 0 aliphatic carbocycles. The highest BCUT2D eigenvalue weighted by Crippen LogP contribution is 2.38. The molecule has 0 aromatic rings. The maximum absolute atomic E-state index is 6.68. The van der Waals surface area contributed by atoms with E-state index in [1.807, 2.05) is 11.1 Å². The predicted molar refractivity (Wildman–Crippen MR) is 130 cm³/mol. The Balaban J connectivity index is 5.56. The first kappa shape index (κ1) is 26.6. The molecule has 0 radical (unpaired) electrons. The molecular weight excluding hydrogens is 432 g/mol. The van der Waals surface area contributed by atoms with E-state index in [4.69, 9.17) is 8.85 Å². The quantitative estimate of drug-likeness (QED) is 0.190. The van der Waals surface area contributed by atoms with Gasteiger partial charge in [0.2, 0.25) is 8.32 Å². The summed E-state index contributed by atoms with van der Waals surface area (Å²) >= 11 is 3.33. The third-order valence-electron chi connectivity index (χ3n) is 4.57. The maximum Gasteiger partial charge on any atom is 0.242 e. The van der Waals surface area contributed by atoms with Gasteiger partial charge in [-0.1, -0.05) is 60.5 Å². The van der Waals surface area contributed by atoms with Crippen LogP contribution in [0.4, 0.5) is 0 Å². The van der Waals surface area contributed by atoms with Crippen molar-refractivity contribution in [3.8, 4) is 0 Å². The van der Waals surface area contributed by atoms with Crippen LogP contribution in [0, 0.1) is 0 Å². The average molecular weight is 474 g/mol. The van der Waals surface area contributed by atoms with E-state index in [1.165, 1.54) is 11.1 Å². The summed E-state index contributed by atoms with van der Waals surface area (Å²) in [5.41, 5.74) is 2.50. The Hall–Kier alpha value is -0.366. The van der Waals surface area contributed by atoms with Crippen molar-refractivity contribution >= 4 is 32.6 Å². The Morgan fingerprint density at radius 1 is 1.00 bits per heavy atom. The van der Waals surface area contributed by atoms with Gasteiger partial charge in [0.25, 0.3) is 0 Å². The van der Waals surface area contributed by atoms with Crippen LogP contribution in [0.1, 0.15) is 48.0 Å². The van der Waals surface area contributed by atoms with Crippen LogP contribution in [0.5, 0.6) is 0 Å². The molecule has 0 saturated heterocycles. The van der Waals surface area contributed by atoms with Gasteiger partial charge in [-0.3, -0.25) is 0 Å². The van der Waals surface area contributed by atoms with Gasteiger partial charge in [-0.25, -0.2) is 0 Å². The van der Waals surface area contributed by atoms with Gasteiger partial charge in [0.1, 0.15) is 5.76 Å². The van der Waals surface area contributed by atoms with Crippen molar-refractivity contribution in [3.63, 3.8) is 0 Å². The fourth-order valence-electron chi connectivity index (χ4n) is 2.14. The number of hydrogen-bond acceptors (Lipinski definition) is 2. The summed E-state index contributed by atoms with van der Waals surface area (Å²) in [6, 6.07) is 0. The third-order valence-corrected chi connectivity index (χ3v) is 10.2. The standard InChI is InChI=1S/C22H41BrO2Si2/c1-18(2)21(25-26(7,8)9)17-19(3)16-20(14-12-13-15-23)24-27(10,11)22(4,5)6/h12-15,17,20H,16H2,1-11H3/b14-12+,15-13+,19-17+/t20-/m0/s1. The highest BCUT2D eigenvalue weighted by Gasteiger charge is 2.38. The van der Waals surface area contributed by atoms with Crippen LogP contribution in [0.15, 0.2) is 46.2 Å². The predicted octanol–water partition coefficient (Wildman–Crippen LogP) is 8.32. The molecule has 0 spiro atoms. The van der Waals surface area contributed by atoms with E-state index in [0.717, 1.165) is 12.2 Å². The van der Waals surface area contributed by atoms with Crippen molar-refractivity contribution in [3.05, 3.63) is 46.2 Å². The first-order valence-electron chi connectivity index (χ1n) is 9.74. The average Bonchev–Trinajstić information content (AvgIpc) is 2.43. The number of halogens is 1. The lowest BCUT2D eigenvalue weighted by atomic mass is 10.1. The summed E-state index contributed by atoms with van der Waals surface area (Å²) in [4.78, 5) is 1.86. The zero-order valence-electron chi connectivity index (χ0n) is 19.4. The number of allylic oxidation sites excluding steroid dienone is 4. The van der Waals surface area contributed by atoms with Gasteiger partial charge in [0.15, 0.2) is 8.32 Å². The highest BCUT2D eigenvalue weighted by atomic mass is 79.9. The van der Waals surface area contributed by atoms with Gasteiger partial charge < -0.3 is 8.85 Å². The van der Waals surface area contributed by atoms with Gasteiger partial charge in [-0.15, -0.1) is 0 Å². The minimum absolute atomic E-state index is 0.0659. The molecule has 0 N–H and O–H groups in total. The van der Waals surface area contributed by atoms with Crippen LogP contribution in [0.3, 0.4) is 0 Å². The molecule has 0 bridgehead atoms. The third kappa shape index (κ3) is 11.3. The molecule has 0 aromatic carbocycles. The first-order valence-corrected chi connectivity index (χ1v) is 17.0. The van der Waals surface area contributed by atoms with E-state index in [1.54, 1.807) is 0 Å². The van der Waals surface area contributed by atoms with E-state index in [0.29, 0.717) is 0 Å². The SMILES string of the molecule is CC(C)=C(/C=C(\C)C[C@H](/C=C/C=C/Br)O[Si](C)(C)C(C)(C)C)O[Si](C)(C)C. The van der Waals surface area contributed by atoms with E-state index >= 15 is 0 Å². The molecule has 0 saturated carbocycles. The van der Waals surface area contributed by atoms with Gasteiger partial charge >= 0.3 is 0 Å². The van der Waals surface area contributed by atoms with E-state index in [2.05, 4.69) is 108 Å². The minimum Gasteiger partial charge on any atom is -0.544 e. The smallest absolute Gasteiger partial charge is 0.242 e. The zero-order chi connectivity index (χ0) is 21.5. The van der Waals surface area contributed by atoms with Crippen molar-refractivity contribution < 1.29 is 8.85 Å². The van der Waals surface area contributed by atoms with Crippen LogP contribution in [0.2, 0.25) is 37.8 Å². The molecule has 0 fully saturated rings. The van der Waals surface area contributed by atoms with Crippen LogP contribution in [-0.4, -0.2) is 22.7 Å². The van der Waals surface area contributed by atoms with Crippen molar-refractivity contribution in [1.29, 1.82) is 0 Å². The number of hydrogen-bond donors (Lipinski definition) is 0. The molecule has 156 valence electrons. The summed E-state index contributed by atoms with van der Waals surface area (Å²) in [7, 11) is -3.48. The summed E-state index contributed by atoms with van der Waals surface area (Å²) in [5, 5.41) is 0.188.